The average Bonchev–Trinajstić information content (AvgIpc) is 2.42. The van der Waals surface area contributed by atoms with Crippen molar-refractivity contribution in [2.24, 2.45) is 5.73 Å². The largest absolute Gasteiger partial charge is 0.453 e. The van der Waals surface area contributed by atoms with Gasteiger partial charge in [-0.2, -0.15) is 0 Å². The molecular formula is C13H9BrFN3O3. The number of benzene rings is 2. The van der Waals surface area contributed by atoms with E-state index in [9.17, 15) is 14.5 Å². The molecule has 0 aliphatic rings. The number of hydrogen-bond acceptors (Lipinski definition) is 4. The van der Waals surface area contributed by atoms with Gasteiger partial charge in [-0.15, -0.1) is 0 Å². The number of nitro groups is 1. The summed E-state index contributed by atoms with van der Waals surface area (Å²) >= 11 is 3.06. The third-order valence-electron chi connectivity index (χ3n) is 2.60. The van der Waals surface area contributed by atoms with Crippen molar-refractivity contribution in [3.05, 3.63) is 62.4 Å². The van der Waals surface area contributed by atoms with Crippen LogP contribution in [-0.2, 0) is 0 Å². The summed E-state index contributed by atoms with van der Waals surface area (Å²) in [6.07, 6.45) is 0. The van der Waals surface area contributed by atoms with Crippen molar-refractivity contribution in [2.75, 3.05) is 0 Å². The average molecular weight is 354 g/mol. The van der Waals surface area contributed by atoms with E-state index in [0.717, 1.165) is 6.07 Å². The van der Waals surface area contributed by atoms with Crippen LogP contribution < -0.4 is 10.5 Å². The van der Waals surface area contributed by atoms with E-state index in [1.165, 1.54) is 30.3 Å². The first kappa shape index (κ1) is 14.9. The fourth-order valence-corrected chi connectivity index (χ4v) is 2.08. The molecule has 0 atom stereocenters. The van der Waals surface area contributed by atoms with Crippen LogP contribution in [-0.4, -0.2) is 10.8 Å². The first-order valence-electron chi connectivity index (χ1n) is 5.65. The number of halogens is 2. The van der Waals surface area contributed by atoms with E-state index in [1.807, 2.05) is 0 Å². The number of ether oxygens (including phenoxy) is 1. The summed E-state index contributed by atoms with van der Waals surface area (Å²) in [5.74, 6) is -1.00. The Bertz CT molecular complexity index is 737. The van der Waals surface area contributed by atoms with Gasteiger partial charge in [-0.3, -0.25) is 15.5 Å². The van der Waals surface area contributed by atoms with Gasteiger partial charge in [-0.1, -0.05) is 6.07 Å². The fraction of sp³-hybridized carbons (Fsp3) is 0. The van der Waals surface area contributed by atoms with E-state index in [0.29, 0.717) is 0 Å². The molecule has 0 aliphatic carbocycles. The standard InChI is InChI=1S/C13H9BrFN3O3/c14-12-9(18(19)20)2-1-3-11(12)21-10-5-4-7(13(16)17)6-8(10)15/h1-6H,(H3,16,17). The van der Waals surface area contributed by atoms with E-state index in [4.69, 9.17) is 15.9 Å². The van der Waals surface area contributed by atoms with Gasteiger partial charge in [-0.25, -0.2) is 4.39 Å². The number of amidine groups is 1. The Balaban J connectivity index is 2.37. The van der Waals surface area contributed by atoms with Gasteiger partial charge in [-0.05, 0) is 40.2 Å². The molecule has 0 saturated carbocycles. The van der Waals surface area contributed by atoms with Gasteiger partial charge in [0.25, 0.3) is 5.69 Å². The van der Waals surface area contributed by atoms with E-state index < -0.39 is 10.7 Å². The zero-order valence-corrected chi connectivity index (χ0v) is 12.1. The summed E-state index contributed by atoms with van der Waals surface area (Å²) < 4.78 is 19.3. The Morgan fingerprint density at radius 2 is 2.05 bits per heavy atom. The predicted octanol–water partition coefficient (Wildman–Crippen LogP) is 3.57. The van der Waals surface area contributed by atoms with Crippen molar-refractivity contribution in [1.82, 2.24) is 0 Å². The molecule has 2 aromatic carbocycles. The molecular weight excluding hydrogens is 345 g/mol. The minimum absolute atomic E-state index is 0.110. The Labute approximate surface area is 127 Å². The summed E-state index contributed by atoms with van der Waals surface area (Å²) in [7, 11) is 0. The predicted molar refractivity (Wildman–Crippen MR) is 78.3 cm³/mol. The van der Waals surface area contributed by atoms with Crippen molar-refractivity contribution in [1.29, 1.82) is 5.41 Å². The quantitative estimate of drug-likeness (QED) is 0.379. The van der Waals surface area contributed by atoms with Crippen LogP contribution in [0, 0.1) is 21.3 Å². The van der Waals surface area contributed by atoms with E-state index in [1.54, 1.807) is 0 Å². The Kier molecular flexibility index (Phi) is 4.18. The number of rotatable bonds is 4. The van der Waals surface area contributed by atoms with Crippen LogP contribution >= 0.6 is 15.9 Å². The maximum Gasteiger partial charge on any atom is 0.287 e. The van der Waals surface area contributed by atoms with Crippen LogP contribution in [0.2, 0.25) is 0 Å². The second-order valence-corrected chi connectivity index (χ2v) is 4.80. The summed E-state index contributed by atoms with van der Waals surface area (Å²) in [6, 6.07) is 7.98. The second kappa shape index (κ2) is 5.88. The van der Waals surface area contributed by atoms with Crippen molar-refractivity contribution in [3.8, 4) is 11.5 Å². The minimum atomic E-state index is -0.721. The van der Waals surface area contributed by atoms with Gasteiger partial charge in [0.1, 0.15) is 16.1 Å². The summed E-state index contributed by atoms with van der Waals surface area (Å²) in [6.45, 7) is 0. The summed E-state index contributed by atoms with van der Waals surface area (Å²) in [4.78, 5) is 10.2. The molecule has 0 aliphatic heterocycles. The van der Waals surface area contributed by atoms with Gasteiger partial charge in [0, 0.05) is 11.6 Å². The van der Waals surface area contributed by atoms with E-state index >= 15 is 0 Å². The molecule has 0 bridgehead atoms. The zero-order chi connectivity index (χ0) is 15.6. The van der Waals surface area contributed by atoms with Crippen LogP contribution in [0.5, 0.6) is 11.5 Å². The number of nitro benzene ring substituents is 1. The first-order valence-corrected chi connectivity index (χ1v) is 6.44. The van der Waals surface area contributed by atoms with Gasteiger partial charge in [0.05, 0.1) is 4.92 Å². The lowest BCUT2D eigenvalue weighted by molar-refractivity contribution is -0.385. The SMILES string of the molecule is N=C(N)c1ccc(Oc2cccc([N+](=O)[O-])c2Br)c(F)c1. The maximum absolute atomic E-state index is 13.9. The lowest BCUT2D eigenvalue weighted by atomic mass is 10.2. The number of nitrogens with two attached hydrogens (primary N) is 1. The fourth-order valence-electron chi connectivity index (χ4n) is 1.59. The van der Waals surface area contributed by atoms with Crippen LogP contribution in [0.1, 0.15) is 5.56 Å². The molecule has 0 radical (unpaired) electrons. The molecule has 2 rings (SSSR count). The Morgan fingerprint density at radius 1 is 1.33 bits per heavy atom. The topological polar surface area (TPSA) is 102 Å². The van der Waals surface area contributed by atoms with Gasteiger partial charge < -0.3 is 10.5 Å². The molecule has 2 aromatic rings. The highest BCUT2D eigenvalue weighted by atomic mass is 79.9. The molecule has 0 aromatic heterocycles. The lowest BCUT2D eigenvalue weighted by Crippen LogP contribution is -2.11. The summed E-state index contributed by atoms with van der Waals surface area (Å²) in [5, 5.41) is 18.0. The highest BCUT2D eigenvalue weighted by Gasteiger charge is 2.17. The number of nitrogens with one attached hydrogen (secondary N) is 1. The number of hydrogen-bond donors (Lipinski definition) is 2. The highest BCUT2D eigenvalue weighted by molar-refractivity contribution is 9.10. The molecule has 0 amide bonds. The van der Waals surface area contributed by atoms with Crippen LogP contribution in [0.3, 0.4) is 0 Å². The van der Waals surface area contributed by atoms with Crippen LogP contribution in [0.4, 0.5) is 10.1 Å². The van der Waals surface area contributed by atoms with Crippen molar-refractivity contribution in [3.63, 3.8) is 0 Å². The van der Waals surface area contributed by atoms with Gasteiger partial charge in [0.2, 0.25) is 0 Å². The van der Waals surface area contributed by atoms with E-state index in [-0.39, 0.29) is 33.1 Å². The number of nitrogen functional groups attached to an aromatic ring is 1. The van der Waals surface area contributed by atoms with Crippen LogP contribution in [0.15, 0.2) is 40.9 Å². The van der Waals surface area contributed by atoms with Crippen LogP contribution in [0.25, 0.3) is 0 Å². The maximum atomic E-state index is 13.9. The third kappa shape index (κ3) is 3.16. The van der Waals surface area contributed by atoms with Crippen molar-refractivity contribution in [2.45, 2.75) is 0 Å². The molecule has 0 spiro atoms. The Morgan fingerprint density at radius 3 is 2.62 bits per heavy atom. The third-order valence-corrected chi connectivity index (χ3v) is 3.40. The molecule has 0 heterocycles. The molecule has 21 heavy (non-hydrogen) atoms. The van der Waals surface area contributed by atoms with Gasteiger partial charge in [0.15, 0.2) is 11.6 Å². The lowest BCUT2D eigenvalue weighted by Gasteiger charge is -2.09. The molecule has 6 nitrogen and oxygen atoms in total. The Hall–Kier alpha value is -2.48. The molecule has 8 heteroatoms. The first-order chi connectivity index (χ1) is 9.90. The van der Waals surface area contributed by atoms with E-state index in [2.05, 4.69) is 15.9 Å². The minimum Gasteiger partial charge on any atom is -0.453 e. The van der Waals surface area contributed by atoms with Crippen molar-refractivity contribution < 1.29 is 14.1 Å². The molecule has 0 unspecified atom stereocenters. The molecule has 0 fully saturated rings. The molecule has 3 N–H and O–H groups in total. The smallest absolute Gasteiger partial charge is 0.287 e. The second-order valence-electron chi connectivity index (χ2n) is 4.01. The molecule has 0 saturated heterocycles. The van der Waals surface area contributed by atoms with Crippen molar-refractivity contribution >= 4 is 27.5 Å². The highest BCUT2D eigenvalue weighted by Crippen LogP contribution is 2.37. The summed E-state index contributed by atoms with van der Waals surface area (Å²) in [5.41, 5.74) is 5.29. The zero-order valence-electron chi connectivity index (χ0n) is 10.5. The number of nitrogens with zero attached hydrogens (tertiary/aromatic N) is 1. The molecule has 108 valence electrons. The van der Waals surface area contributed by atoms with Gasteiger partial charge >= 0.3 is 0 Å². The normalized spacial score (nSPS) is 10.2. The monoisotopic (exact) mass is 353 g/mol.